The molecule has 0 saturated carbocycles. The van der Waals surface area contributed by atoms with E-state index in [1.165, 1.54) is 11.1 Å². The van der Waals surface area contributed by atoms with E-state index in [0.717, 1.165) is 11.1 Å². The van der Waals surface area contributed by atoms with E-state index in [9.17, 15) is 0 Å². The maximum absolute atomic E-state index is 4.16. The molecule has 0 N–H and O–H groups in total. The fourth-order valence-electron chi connectivity index (χ4n) is 1.43. The molecule has 2 aromatic heterocycles. The molecule has 0 spiro atoms. The first-order chi connectivity index (χ1) is 6.75. The van der Waals surface area contributed by atoms with Gasteiger partial charge in [0.1, 0.15) is 0 Å². The summed E-state index contributed by atoms with van der Waals surface area (Å²) in [4.78, 5) is 8.32. The zero-order chi connectivity index (χ0) is 9.97. The Morgan fingerprint density at radius 3 is 1.50 bits per heavy atom. The smallest absolute Gasteiger partial charge is 0.0347 e. The molecular weight excluding hydrogens is 172 g/mol. The van der Waals surface area contributed by atoms with Gasteiger partial charge < -0.3 is 0 Å². The fourth-order valence-corrected chi connectivity index (χ4v) is 1.43. The summed E-state index contributed by atoms with van der Waals surface area (Å²) < 4.78 is 0. The molecule has 2 aromatic rings. The molecule has 0 bridgehead atoms. The monoisotopic (exact) mass is 184 g/mol. The zero-order valence-corrected chi connectivity index (χ0v) is 8.36. The van der Waals surface area contributed by atoms with Gasteiger partial charge in [-0.1, -0.05) is 0 Å². The van der Waals surface area contributed by atoms with Crippen molar-refractivity contribution < 1.29 is 0 Å². The van der Waals surface area contributed by atoms with Gasteiger partial charge in [-0.2, -0.15) is 0 Å². The largest absolute Gasteiger partial charge is 0.264 e. The van der Waals surface area contributed by atoms with Crippen LogP contribution in [0.5, 0.6) is 0 Å². The van der Waals surface area contributed by atoms with E-state index in [0.29, 0.717) is 0 Å². The molecular formula is C12H12N2. The highest BCUT2D eigenvalue weighted by molar-refractivity contribution is 5.62. The molecule has 0 unspecified atom stereocenters. The van der Waals surface area contributed by atoms with Gasteiger partial charge in [-0.3, -0.25) is 9.97 Å². The Hall–Kier alpha value is -1.70. The molecule has 14 heavy (non-hydrogen) atoms. The van der Waals surface area contributed by atoms with Crippen molar-refractivity contribution in [1.29, 1.82) is 0 Å². The average molecular weight is 184 g/mol. The van der Waals surface area contributed by atoms with E-state index < -0.39 is 0 Å². The van der Waals surface area contributed by atoms with E-state index in [1.807, 2.05) is 38.6 Å². The lowest BCUT2D eigenvalue weighted by molar-refractivity contribution is 1.24. The van der Waals surface area contributed by atoms with Crippen molar-refractivity contribution in [2.75, 3.05) is 0 Å². The van der Waals surface area contributed by atoms with Crippen LogP contribution in [-0.2, 0) is 0 Å². The summed E-state index contributed by atoms with van der Waals surface area (Å²) in [5.41, 5.74) is 4.59. The second-order valence-electron chi connectivity index (χ2n) is 3.50. The van der Waals surface area contributed by atoms with Crippen LogP contribution in [0.25, 0.3) is 11.1 Å². The molecule has 0 aliphatic heterocycles. The first-order valence-electron chi connectivity index (χ1n) is 4.59. The second kappa shape index (κ2) is 3.58. The Bertz CT molecular complexity index is 406. The first kappa shape index (κ1) is 8.88. The van der Waals surface area contributed by atoms with Gasteiger partial charge >= 0.3 is 0 Å². The topological polar surface area (TPSA) is 25.8 Å². The SMILES string of the molecule is Cc1cncc(-c2cncc(C)c2)c1. The van der Waals surface area contributed by atoms with Gasteiger partial charge in [0, 0.05) is 35.9 Å². The Morgan fingerprint density at radius 1 is 0.714 bits per heavy atom. The van der Waals surface area contributed by atoms with Gasteiger partial charge in [0.2, 0.25) is 0 Å². The minimum Gasteiger partial charge on any atom is -0.264 e. The minimum atomic E-state index is 1.13. The summed E-state index contributed by atoms with van der Waals surface area (Å²) >= 11 is 0. The molecule has 0 amide bonds. The number of hydrogen-bond donors (Lipinski definition) is 0. The average Bonchev–Trinajstić information content (AvgIpc) is 2.18. The molecule has 2 rings (SSSR count). The summed E-state index contributed by atoms with van der Waals surface area (Å²) in [7, 11) is 0. The van der Waals surface area contributed by atoms with Crippen LogP contribution in [0.1, 0.15) is 11.1 Å². The van der Waals surface area contributed by atoms with Crippen LogP contribution in [0, 0.1) is 13.8 Å². The van der Waals surface area contributed by atoms with Gasteiger partial charge in [0.15, 0.2) is 0 Å². The molecule has 0 atom stereocenters. The quantitative estimate of drug-likeness (QED) is 0.681. The lowest BCUT2D eigenvalue weighted by Gasteiger charge is -2.02. The van der Waals surface area contributed by atoms with Crippen LogP contribution in [-0.4, -0.2) is 9.97 Å². The number of rotatable bonds is 1. The second-order valence-corrected chi connectivity index (χ2v) is 3.50. The lowest BCUT2D eigenvalue weighted by Crippen LogP contribution is -1.84. The number of hydrogen-bond acceptors (Lipinski definition) is 2. The van der Waals surface area contributed by atoms with Gasteiger partial charge in [-0.25, -0.2) is 0 Å². The molecule has 0 aliphatic rings. The predicted octanol–water partition coefficient (Wildman–Crippen LogP) is 2.76. The first-order valence-corrected chi connectivity index (χ1v) is 4.59. The Kier molecular flexibility index (Phi) is 2.27. The highest BCUT2D eigenvalue weighted by Gasteiger charge is 1.98. The van der Waals surface area contributed by atoms with Crippen molar-refractivity contribution in [3.05, 3.63) is 48.0 Å². The van der Waals surface area contributed by atoms with E-state index in [1.54, 1.807) is 0 Å². The van der Waals surface area contributed by atoms with Crippen molar-refractivity contribution in [2.45, 2.75) is 13.8 Å². The highest BCUT2D eigenvalue weighted by Crippen LogP contribution is 2.18. The third-order valence-corrected chi connectivity index (χ3v) is 2.08. The minimum absolute atomic E-state index is 1.13. The third-order valence-electron chi connectivity index (χ3n) is 2.08. The van der Waals surface area contributed by atoms with Crippen molar-refractivity contribution in [3.8, 4) is 11.1 Å². The normalized spacial score (nSPS) is 10.1. The fraction of sp³-hybridized carbons (Fsp3) is 0.167. The highest BCUT2D eigenvalue weighted by atomic mass is 14.6. The molecule has 0 radical (unpaired) electrons. The standard InChI is InChI=1S/C12H12N2/c1-9-3-11(7-13-5-9)12-4-10(2)6-14-8-12/h3-8H,1-2H3. The molecule has 2 heteroatoms. The van der Waals surface area contributed by atoms with E-state index in [4.69, 9.17) is 0 Å². The van der Waals surface area contributed by atoms with Crippen molar-refractivity contribution in [1.82, 2.24) is 9.97 Å². The summed E-state index contributed by atoms with van der Waals surface area (Å²) in [5.74, 6) is 0. The molecule has 0 fully saturated rings. The zero-order valence-electron chi connectivity index (χ0n) is 8.36. The van der Waals surface area contributed by atoms with Crippen LogP contribution < -0.4 is 0 Å². The van der Waals surface area contributed by atoms with Crippen LogP contribution in [0.15, 0.2) is 36.9 Å². The Balaban J connectivity index is 2.49. The Labute approximate surface area is 83.7 Å². The van der Waals surface area contributed by atoms with Crippen molar-refractivity contribution in [2.24, 2.45) is 0 Å². The summed E-state index contributed by atoms with van der Waals surface area (Å²) in [5, 5.41) is 0. The van der Waals surface area contributed by atoms with Crippen molar-refractivity contribution >= 4 is 0 Å². The van der Waals surface area contributed by atoms with Gasteiger partial charge in [-0.15, -0.1) is 0 Å². The lowest BCUT2D eigenvalue weighted by atomic mass is 10.1. The van der Waals surface area contributed by atoms with E-state index >= 15 is 0 Å². The summed E-state index contributed by atoms with van der Waals surface area (Å²) in [6.07, 6.45) is 7.44. The molecule has 2 heterocycles. The predicted molar refractivity (Wildman–Crippen MR) is 56.9 cm³/mol. The van der Waals surface area contributed by atoms with Crippen molar-refractivity contribution in [3.63, 3.8) is 0 Å². The van der Waals surface area contributed by atoms with Crippen LogP contribution in [0.4, 0.5) is 0 Å². The van der Waals surface area contributed by atoms with Gasteiger partial charge in [0.25, 0.3) is 0 Å². The molecule has 0 saturated heterocycles. The third kappa shape index (κ3) is 1.79. The maximum atomic E-state index is 4.16. The molecule has 2 nitrogen and oxygen atoms in total. The van der Waals surface area contributed by atoms with Gasteiger partial charge in [-0.05, 0) is 37.1 Å². The summed E-state index contributed by atoms with van der Waals surface area (Å²) in [6, 6.07) is 4.23. The Morgan fingerprint density at radius 2 is 1.14 bits per heavy atom. The van der Waals surface area contributed by atoms with E-state index in [-0.39, 0.29) is 0 Å². The molecule has 70 valence electrons. The molecule has 0 aliphatic carbocycles. The number of aromatic nitrogens is 2. The molecule has 0 aromatic carbocycles. The van der Waals surface area contributed by atoms with E-state index in [2.05, 4.69) is 22.1 Å². The van der Waals surface area contributed by atoms with Crippen LogP contribution >= 0.6 is 0 Å². The van der Waals surface area contributed by atoms with Crippen LogP contribution in [0.3, 0.4) is 0 Å². The number of pyridine rings is 2. The summed E-state index contributed by atoms with van der Waals surface area (Å²) in [6.45, 7) is 4.08. The number of aryl methyl sites for hydroxylation is 2. The maximum Gasteiger partial charge on any atom is 0.0347 e. The number of nitrogens with zero attached hydrogens (tertiary/aromatic N) is 2. The van der Waals surface area contributed by atoms with Gasteiger partial charge in [0.05, 0.1) is 0 Å². The van der Waals surface area contributed by atoms with Crippen LogP contribution in [0.2, 0.25) is 0 Å².